The maximum Gasteiger partial charge on any atom is 0.471 e. The highest BCUT2D eigenvalue weighted by atomic mass is 19.4. The number of aliphatic hydroxyl groups excluding tert-OH is 1. The Kier molecular flexibility index (Phi) is 4.73. The first kappa shape index (κ1) is 14.7. The molecule has 0 aliphatic carbocycles. The molecule has 0 radical (unpaired) electrons. The van der Waals surface area contributed by atoms with Crippen molar-refractivity contribution in [2.75, 3.05) is 0 Å². The summed E-state index contributed by atoms with van der Waals surface area (Å²) in [6.07, 6.45) is -7.18. The third-order valence-electron chi connectivity index (χ3n) is 1.87. The van der Waals surface area contributed by atoms with Crippen molar-refractivity contribution in [3.05, 3.63) is 0 Å². The Hall–Kier alpha value is -1.31. The highest BCUT2D eigenvalue weighted by Crippen LogP contribution is 2.16. The van der Waals surface area contributed by atoms with E-state index in [-0.39, 0.29) is 0 Å². The molecule has 16 heavy (non-hydrogen) atoms. The minimum Gasteiger partial charge on any atom is -0.479 e. The van der Waals surface area contributed by atoms with Crippen molar-refractivity contribution in [2.45, 2.75) is 32.2 Å². The molecule has 94 valence electrons. The summed E-state index contributed by atoms with van der Waals surface area (Å²) in [5.74, 6) is -4.62. The van der Waals surface area contributed by atoms with Gasteiger partial charge in [-0.15, -0.1) is 0 Å². The third-order valence-corrected chi connectivity index (χ3v) is 1.87. The van der Waals surface area contributed by atoms with Gasteiger partial charge in [0.15, 0.2) is 6.10 Å². The van der Waals surface area contributed by atoms with Crippen LogP contribution in [0.1, 0.15) is 13.8 Å². The first-order valence-electron chi connectivity index (χ1n) is 4.36. The van der Waals surface area contributed by atoms with E-state index in [1.807, 2.05) is 0 Å². The van der Waals surface area contributed by atoms with E-state index in [1.165, 1.54) is 19.2 Å². The molecule has 8 heteroatoms. The highest BCUT2D eigenvalue weighted by Gasteiger charge is 2.42. The van der Waals surface area contributed by atoms with Crippen LogP contribution in [0.2, 0.25) is 0 Å². The number of carbonyl (C=O) groups is 2. The van der Waals surface area contributed by atoms with Gasteiger partial charge in [0.1, 0.15) is 0 Å². The Labute approximate surface area is 89.3 Å². The molecule has 0 aromatic rings. The molecule has 0 spiro atoms. The van der Waals surface area contributed by atoms with Crippen molar-refractivity contribution in [2.24, 2.45) is 5.92 Å². The number of amides is 1. The molecule has 0 aromatic heterocycles. The minimum absolute atomic E-state index is 0.655. The second-order valence-corrected chi connectivity index (χ2v) is 3.52. The Morgan fingerprint density at radius 3 is 1.94 bits per heavy atom. The molecule has 0 aromatic carbocycles. The monoisotopic (exact) mass is 243 g/mol. The molecular weight excluding hydrogens is 231 g/mol. The predicted molar refractivity (Wildman–Crippen MR) is 46.5 cm³/mol. The average Bonchev–Trinajstić information content (AvgIpc) is 2.10. The normalized spacial score (nSPS) is 15.7. The number of halogens is 3. The molecule has 0 saturated carbocycles. The lowest BCUT2D eigenvalue weighted by Gasteiger charge is -2.25. The first-order valence-corrected chi connectivity index (χ1v) is 4.36. The van der Waals surface area contributed by atoms with Crippen molar-refractivity contribution in [3.8, 4) is 0 Å². The third kappa shape index (κ3) is 4.05. The fraction of sp³-hybridized carbons (Fsp3) is 0.750. The fourth-order valence-corrected chi connectivity index (χ4v) is 0.997. The van der Waals surface area contributed by atoms with Gasteiger partial charge in [-0.25, -0.2) is 4.79 Å². The minimum atomic E-state index is -5.11. The number of aliphatic hydroxyl groups is 1. The number of hydrogen-bond acceptors (Lipinski definition) is 3. The van der Waals surface area contributed by atoms with Crippen LogP contribution in [0.5, 0.6) is 0 Å². The summed E-state index contributed by atoms with van der Waals surface area (Å²) in [6, 6.07) is -1.49. The largest absolute Gasteiger partial charge is 0.479 e. The summed E-state index contributed by atoms with van der Waals surface area (Å²) < 4.78 is 35.7. The standard InChI is InChI=1S/C8H12F3NO4/c1-3(2)4(5(13)6(14)15)12-7(16)8(9,10)11/h3-5,13H,1-2H3,(H,12,16)(H,14,15)/t4-,5-/m0/s1. The van der Waals surface area contributed by atoms with E-state index in [9.17, 15) is 22.8 Å². The lowest BCUT2D eigenvalue weighted by Crippen LogP contribution is -2.53. The van der Waals surface area contributed by atoms with Gasteiger partial charge in [-0.3, -0.25) is 4.79 Å². The molecule has 0 bridgehead atoms. The molecule has 2 atom stereocenters. The van der Waals surface area contributed by atoms with Crippen molar-refractivity contribution in [1.82, 2.24) is 5.32 Å². The zero-order valence-electron chi connectivity index (χ0n) is 8.58. The number of aliphatic carboxylic acids is 1. The topological polar surface area (TPSA) is 86.6 Å². The molecule has 1 amide bonds. The highest BCUT2D eigenvalue weighted by molar-refractivity contribution is 5.83. The van der Waals surface area contributed by atoms with Gasteiger partial charge in [-0.2, -0.15) is 13.2 Å². The van der Waals surface area contributed by atoms with Crippen LogP contribution in [0.15, 0.2) is 0 Å². The van der Waals surface area contributed by atoms with Crippen molar-refractivity contribution >= 4 is 11.9 Å². The number of nitrogens with one attached hydrogen (secondary N) is 1. The van der Waals surface area contributed by atoms with Crippen LogP contribution in [0.3, 0.4) is 0 Å². The van der Waals surface area contributed by atoms with Gasteiger partial charge in [0.05, 0.1) is 6.04 Å². The summed E-state index contributed by atoms with van der Waals surface area (Å²) in [5, 5.41) is 19.0. The van der Waals surface area contributed by atoms with Crippen LogP contribution in [-0.2, 0) is 9.59 Å². The zero-order chi connectivity index (χ0) is 13.1. The number of carboxylic acid groups (broad SMARTS) is 1. The number of rotatable bonds is 4. The molecular formula is C8H12F3NO4. The van der Waals surface area contributed by atoms with E-state index in [2.05, 4.69) is 0 Å². The molecule has 0 aliphatic heterocycles. The van der Waals surface area contributed by atoms with E-state index >= 15 is 0 Å². The van der Waals surface area contributed by atoms with Crippen LogP contribution in [0.25, 0.3) is 0 Å². The second kappa shape index (κ2) is 5.15. The lowest BCUT2D eigenvalue weighted by molar-refractivity contribution is -0.176. The molecule has 0 saturated heterocycles. The maximum absolute atomic E-state index is 11.9. The number of alkyl halides is 3. The van der Waals surface area contributed by atoms with Crippen molar-refractivity contribution < 1.29 is 33.0 Å². The van der Waals surface area contributed by atoms with E-state index in [0.29, 0.717) is 0 Å². The SMILES string of the molecule is CC(C)[C@H](NC(=O)C(F)(F)F)[C@H](O)C(=O)O. The molecule has 0 rings (SSSR count). The lowest BCUT2D eigenvalue weighted by atomic mass is 9.98. The Balaban J connectivity index is 4.72. The summed E-state index contributed by atoms with van der Waals surface area (Å²) in [6.45, 7) is 2.76. The quantitative estimate of drug-likeness (QED) is 0.655. The summed E-state index contributed by atoms with van der Waals surface area (Å²) in [4.78, 5) is 21.0. The fourth-order valence-electron chi connectivity index (χ4n) is 0.997. The van der Waals surface area contributed by atoms with E-state index in [0.717, 1.165) is 0 Å². The van der Waals surface area contributed by atoms with Gasteiger partial charge in [-0.05, 0) is 5.92 Å². The Bertz CT molecular complexity index is 277. The Morgan fingerprint density at radius 1 is 1.25 bits per heavy atom. The molecule has 0 fully saturated rings. The van der Waals surface area contributed by atoms with Crippen LogP contribution < -0.4 is 5.32 Å². The second-order valence-electron chi connectivity index (χ2n) is 3.52. The van der Waals surface area contributed by atoms with Crippen LogP contribution in [0, 0.1) is 5.92 Å². The summed E-state index contributed by atoms with van der Waals surface area (Å²) in [7, 11) is 0. The summed E-state index contributed by atoms with van der Waals surface area (Å²) in [5.41, 5.74) is 0. The predicted octanol–water partition coefficient (Wildman–Crippen LogP) is 0.135. The average molecular weight is 243 g/mol. The van der Waals surface area contributed by atoms with Gasteiger partial charge in [0, 0.05) is 0 Å². The Morgan fingerprint density at radius 2 is 1.69 bits per heavy atom. The molecule has 5 nitrogen and oxygen atoms in total. The molecule has 0 aliphatic rings. The van der Waals surface area contributed by atoms with Gasteiger partial charge >= 0.3 is 18.1 Å². The van der Waals surface area contributed by atoms with E-state index < -0.39 is 36.1 Å². The number of carboxylic acids is 1. The van der Waals surface area contributed by atoms with E-state index in [1.54, 1.807) is 0 Å². The maximum atomic E-state index is 11.9. The number of hydrogen-bond donors (Lipinski definition) is 3. The van der Waals surface area contributed by atoms with Gasteiger partial charge in [0.25, 0.3) is 0 Å². The van der Waals surface area contributed by atoms with Crippen molar-refractivity contribution in [1.29, 1.82) is 0 Å². The van der Waals surface area contributed by atoms with Crippen LogP contribution in [0.4, 0.5) is 13.2 Å². The van der Waals surface area contributed by atoms with Gasteiger partial charge < -0.3 is 15.5 Å². The summed E-state index contributed by atoms with van der Waals surface area (Å²) >= 11 is 0. The van der Waals surface area contributed by atoms with Crippen LogP contribution in [-0.4, -0.2) is 40.4 Å². The zero-order valence-corrected chi connectivity index (χ0v) is 8.58. The first-order chi connectivity index (χ1) is 7.07. The van der Waals surface area contributed by atoms with Gasteiger partial charge in [-0.1, -0.05) is 13.8 Å². The van der Waals surface area contributed by atoms with Gasteiger partial charge in [0.2, 0.25) is 0 Å². The number of carbonyl (C=O) groups excluding carboxylic acids is 1. The molecule has 0 heterocycles. The molecule has 3 N–H and O–H groups in total. The van der Waals surface area contributed by atoms with Crippen LogP contribution >= 0.6 is 0 Å². The molecule has 0 unspecified atom stereocenters. The van der Waals surface area contributed by atoms with E-state index in [4.69, 9.17) is 10.2 Å². The van der Waals surface area contributed by atoms with Crippen molar-refractivity contribution in [3.63, 3.8) is 0 Å². The smallest absolute Gasteiger partial charge is 0.471 e.